The van der Waals surface area contributed by atoms with Crippen molar-refractivity contribution in [3.05, 3.63) is 58.1 Å². The average Bonchev–Trinajstić information content (AvgIpc) is 2.70. The molecule has 8 heteroatoms. The van der Waals surface area contributed by atoms with Crippen molar-refractivity contribution in [3.63, 3.8) is 0 Å². The Hall–Kier alpha value is -2.58. The molecule has 0 aliphatic rings. The van der Waals surface area contributed by atoms with E-state index in [0.717, 1.165) is 28.7 Å². The average molecular weight is 449 g/mol. The molecule has 2 aromatic carbocycles. The number of nitrogens with one attached hydrogen (secondary N) is 2. The van der Waals surface area contributed by atoms with Crippen molar-refractivity contribution in [1.82, 2.24) is 10.0 Å². The molecule has 0 fully saturated rings. The molecule has 0 heterocycles. The molecule has 7 nitrogen and oxygen atoms in total. The molecule has 3 N–H and O–H groups in total. The molecule has 2 rings (SSSR count). The number of benzene rings is 2. The number of phenolic OH excluding ortho intramolecular Hbond substituents is 1. The van der Waals surface area contributed by atoms with Crippen molar-refractivity contribution in [1.29, 1.82) is 0 Å². The highest BCUT2D eigenvalue weighted by Gasteiger charge is 2.12. The monoisotopic (exact) mass is 448 g/mol. The summed E-state index contributed by atoms with van der Waals surface area (Å²) in [6.45, 7) is 7.94. The third kappa shape index (κ3) is 7.25. The first-order valence-electron chi connectivity index (χ1n) is 10.2. The van der Waals surface area contributed by atoms with Gasteiger partial charge in [-0.15, -0.1) is 0 Å². The summed E-state index contributed by atoms with van der Waals surface area (Å²) in [6, 6.07) is 9.51. The summed E-state index contributed by atoms with van der Waals surface area (Å²) in [5, 5.41) is 12.6. The molecule has 0 atom stereocenters. The fourth-order valence-electron chi connectivity index (χ4n) is 3.32. The number of carbonyl (C=O) groups is 1. The van der Waals surface area contributed by atoms with Crippen molar-refractivity contribution in [2.45, 2.75) is 40.0 Å². The third-order valence-electron chi connectivity index (χ3n) is 5.14. The molecule has 0 bridgehead atoms. The zero-order valence-corrected chi connectivity index (χ0v) is 19.6. The Morgan fingerprint density at radius 2 is 1.77 bits per heavy atom. The quantitative estimate of drug-likeness (QED) is 0.518. The minimum atomic E-state index is -3.35. The molecule has 1 amide bonds. The summed E-state index contributed by atoms with van der Waals surface area (Å²) in [6.07, 6.45) is 0.734. The van der Waals surface area contributed by atoms with Crippen LogP contribution in [0.1, 0.15) is 47.6 Å². The fourth-order valence-corrected chi connectivity index (χ4v) is 3.90. The van der Waals surface area contributed by atoms with Gasteiger partial charge in [-0.25, -0.2) is 13.1 Å². The highest BCUT2D eigenvalue weighted by molar-refractivity contribution is 7.89. The van der Waals surface area contributed by atoms with E-state index in [9.17, 15) is 18.3 Å². The van der Waals surface area contributed by atoms with Crippen LogP contribution in [0.25, 0.3) is 0 Å². The van der Waals surface area contributed by atoms with Crippen molar-refractivity contribution in [2.75, 3.05) is 26.0 Å². The molecular formula is C23H32N2O5S. The zero-order valence-electron chi connectivity index (χ0n) is 18.8. The van der Waals surface area contributed by atoms with Gasteiger partial charge < -0.3 is 15.2 Å². The maximum atomic E-state index is 11.9. The van der Waals surface area contributed by atoms with Gasteiger partial charge in [-0.1, -0.05) is 26.0 Å². The standard InChI is InChI=1S/C23H32N2O5S/c1-15(2)20-12-18(6-7-22(20)26)13-21-16(3)10-19(11-17(21)4)30-14-23(27)25-8-9-31(28,29)24-5/h6-7,10-12,15,24,26H,8-9,13-14H2,1-5H3,(H,25,27). The number of amides is 1. The molecular weight excluding hydrogens is 416 g/mol. The number of aryl methyl sites for hydroxylation is 2. The minimum absolute atomic E-state index is 0.0212. The first-order valence-corrected chi connectivity index (χ1v) is 11.9. The van der Waals surface area contributed by atoms with E-state index in [-0.39, 0.29) is 30.7 Å². The lowest BCUT2D eigenvalue weighted by atomic mass is 9.93. The summed E-state index contributed by atoms with van der Waals surface area (Å²) in [4.78, 5) is 11.9. The van der Waals surface area contributed by atoms with Gasteiger partial charge in [0.25, 0.3) is 5.91 Å². The molecule has 0 spiro atoms. The van der Waals surface area contributed by atoms with E-state index in [1.54, 1.807) is 6.07 Å². The molecule has 0 saturated carbocycles. The number of phenols is 1. The molecule has 0 saturated heterocycles. The van der Waals surface area contributed by atoms with Gasteiger partial charge in [-0.3, -0.25) is 4.79 Å². The highest BCUT2D eigenvalue weighted by atomic mass is 32.2. The second-order valence-corrected chi connectivity index (χ2v) is 9.97. The van der Waals surface area contributed by atoms with Gasteiger partial charge >= 0.3 is 0 Å². The van der Waals surface area contributed by atoms with E-state index in [0.29, 0.717) is 11.5 Å². The largest absolute Gasteiger partial charge is 0.508 e. The van der Waals surface area contributed by atoms with Gasteiger partial charge in [0.15, 0.2) is 6.61 Å². The van der Waals surface area contributed by atoms with Gasteiger partial charge in [-0.05, 0) is 79.3 Å². The smallest absolute Gasteiger partial charge is 0.257 e. The summed E-state index contributed by atoms with van der Waals surface area (Å²) < 4.78 is 30.5. The van der Waals surface area contributed by atoms with Gasteiger partial charge in [0.2, 0.25) is 10.0 Å². The van der Waals surface area contributed by atoms with Crippen molar-refractivity contribution >= 4 is 15.9 Å². The van der Waals surface area contributed by atoms with Crippen molar-refractivity contribution < 1.29 is 23.1 Å². The van der Waals surface area contributed by atoms with Crippen molar-refractivity contribution in [2.24, 2.45) is 0 Å². The lowest BCUT2D eigenvalue weighted by Crippen LogP contribution is -2.35. The van der Waals surface area contributed by atoms with Crippen LogP contribution in [0.4, 0.5) is 0 Å². The number of aromatic hydroxyl groups is 1. The summed E-state index contributed by atoms with van der Waals surface area (Å²) in [7, 11) is -2.02. The van der Waals surface area contributed by atoms with Crippen LogP contribution in [0.3, 0.4) is 0 Å². The molecule has 170 valence electrons. The van der Waals surface area contributed by atoms with Gasteiger partial charge in [0.05, 0.1) is 5.75 Å². The van der Waals surface area contributed by atoms with Crippen LogP contribution >= 0.6 is 0 Å². The molecule has 31 heavy (non-hydrogen) atoms. The molecule has 0 aliphatic carbocycles. The maximum absolute atomic E-state index is 11.9. The number of ether oxygens (including phenoxy) is 1. The Morgan fingerprint density at radius 3 is 2.35 bits per heavy atom. The topological polar surface area (TPSA) is 105 Å². The van der Waals surface area contributed by atoms with Crippen LogP contribution < -0.4 is 14.8 Å². The van der Waals surface area contributed by atoms with Crippen LogP contribution in [-0.2, 0) is 21.2 Å². The molecule has 0 radical (unpaired) electrons. The second-order valence-electron chi connectivity index (χ2n) is 7.92. The number of carbonyl (C=O) groups excluding carboxylic acids is 1. The number of rotatable bonds is 10. The van der Waals surface area contributed by atoms with Crippen LogP contribution in [0, 0.1) is 13.8 Å². The Labute approximate surface area is 184 Å². The van der Waals surface area contributed by atoms with Gasteiger partial charge in [0.1, 0.15) is 11.5 Å². The van der Waals surface area contributed by atoms with E-state index in [2.05, 4.69) is 23.9 Å². The first-order chi connectivity index (χ1) is 14.5. The molecule has 2 aromatic rings. The summed E-state index contributed by atoms with van der Waals surface area (Å²) in [5.41, 5.74) is 5.33. The number of hydrogen-bond acceptors (Lipinski definition) is 5. The predicted octanol–water partition coefficient (Wildman–Crippen LogP) is 2.77. The van der Waals surface area contributed by atoms with E-state index in [1.165, 1.54) is 12.6 Å². The molecule has 0 aromatic heterocycles. The van der Waals surface area contributed by atoms with Crippen LogP contribution in [0.15, 0.2) is 30.3 Å². The Balaban J connectivity index is 2.01. The lowest BCUT2D eigenvalue weighted by molar-refractivity contribution is -0.122. The number of hydrogen-bond donors (Lipinski definition) is 3. The third-order valence-corrected chi connectivity index (χ3v) is 6.50. The fraction of sp³-hybridized carbons (Fsp3) is 0.435. The zero-order chi connectivity index (χ0) is 23.2. The first kappa shape index (κ1) is 24.7. The Morgan fingerprint density at radius 1 is 1.13 bits per heavy atom. The van der Waals surface area contributed by atoms with Crippen LogP contribution in [0.5, 0.6) is 11.5 Å². The SMILES string of the molecule is CNS(=O)(=O)CCNC(=O)COc1cc(C)c(Cc2ccc(O)c(C(C)C)c2)c(C)c1. The minimum Gasteiger partial charge on any atom is -0.508 e. The van der Waals surface area contributed by atoms with Gasteiger partial charge in [0, 0.05) is 6.54 Å². The van der Waals surface area contributed by atoms with Crippen LogP contribution in [0.2, 0.25) is 0 Å². The second kappa shape index (κ2) is 10.6. The molecule has 0 unspecified atom stereocenters. The highest BCUT2D eigenvalue weighted by Crippen LogP contribution is 2.29. The number of sulfonamides is 1. The van der Waals surface area contributed by atoms with E-state index in [4.69, 9.17) is 4.74 Å². The predicted molar refractivity (Wildman–Crippen MR) is 122 cm³/mol. The summed E-state index contributed by atoms with van der Waals surface area (Å²) in [5.74, 6) is 0.583. The normalized spacial score (nSPS) is 11.5. The van der Waals surface area contributed by atoms with Gasteiger partial charge in [-0.2, -0.15) is 0 Å². The maximum Gasteiger partial charge on any atom is 0.257 e. The van der Waals surface area contributed by atoms with E-state index >= 15 is 0 Å². The van der Waals surface area contributed by atoms with E-state index < -0.39 is 10.0 Å². The Bertz CT molecular complexity index is 1010. The van der Waals surface area contributed by atoms with E-state index in [1.807, 2.05) is 38.1 Å². The van der Waals surface area contributed by atoms with Crippen molar-refractivity contribution in [3.8, 4) is 11.5 Å². The lowest BCUT2D eigenvalue weighted by Gasteiger charge is -2.15. The summed E-state index contributed by atoms with van der Waals surface area (Å²) >= 11 is 0. The van der Waals surface area contributed by atoms with Crippen LogP contribution in [-0.4, -0.2) is 45.4 Å². The molecule has 0 aliphatic heterocycles. The Kier molecular flexibility index (Phi) is 8.47.